The number of rotatable bonds is 2. The van der Waals surface area contributed by atoms with Crippen molar-refractivity contribution in [3.63, 3.8) is 0 Å². The first-order valence-corrected chi connectivity index (χ1v) is 6.25. The molecule has 2 heteroatoms. The van der Waals surface area contributed by atoms with Gasteiger partial charge >= 0.3 is 26.2 Å². The third-order valence-corrected chi connectivity index (χ3v) is 2.27. The SMILES string of the molecule is C[C-]=CC(C)CC.[C-]1=CC=CC1.[C-]1=CC=CC1.[Cl-].[Zr+4]. The predicted molar refractivity (Wildman–Crippen MR) is 76.1 cm³/mol. The van der Waals surface area contributed by atoms with Gasteiger partial charge in [0.25, 0.3) is 0 Å². The molecule has 0 radical (unpaired) electrons. The van der Waals surface area contributed by atoms with Crippen molar-refractivity contribution in [2.75, 3.05) is 0 Å². The molecule has 0 fully saturated rings. The first kappa shape index (κ1) is 23.9. The standard InChI is InChI=1S/C7H13.2C5H5.ClH.Zr/c1-4-6-7(3)5-2;2*1-2-4-5-3-1;;/h6-7H,5H2,1-3H3;2*1-3H,4H2;1H;/q3*-1;;+4/p-1. The molecule has 0 nitrogen and oxygen atoms in total. The van der Waals surface area contributed by atoms with Crippen LogP contribution >= 0.6 is 0 Å². The van der Waals surface area contributed by atoms with Crippen molar-refractivity contribution in [1.29, 1.82) is 0 Å². The number of halogens is 1. The van der Waals surface area contributed by atoms with Crippen molar-refractivity contribution in [1.82, 2.24) is 0 Å². The van der Waals surface area contributed by atoms with E-state index in [-0.39, 0.29) is 38.6 Å². The first-order chi connectivity index (χ1) is 8.31. The van der Waals surface area contributed by atoms with Crippen LogP contribution in [0.15, 0.2) is 42.5 Å². The Balaban J connectivity index is -0.000000194. The third-order valence-electron chi connectivity index (χ3n) is 2.27. The molecular formula is C17H23ClZr. The minimum Gasteiger partial charge on any atom is -1.00 e. The Morgan fingerprint density at radius 3 is 1.74 bits per heavy atom. The Morgan fingerprint density at radius 1 is 1.16 bits per heavy atom. The predicted octanol–water partition coefficient (Wildman–Crippen LogP) is 2.02. The Labute approximate surface area is 145 Å². The van der Waals surface area contributed by atoms with Crippen molar-refractivity contribution in [2.45, 2.75) is 40.0 Å². The summed E-state index contributed by atoms with van der Waals surface area (Å²) in [5.41, 5.74) is 0. The van der Waals surface area contributed by atoms with Crippen LogP contribution in [0.3, 0.4) is 0 Å². The molecule has 0 aromatic heterocycles. The van der Waals surface area contributed by atoms with Crippen LogP contribution in [-0.4, -0.2) is 0 Å². The van der Waals surface area contributed by atoms with Gasteiger partial charge in [-0.05, 0) is 0 Å². The molecule has 0 saturated heterocycles. The van der Waals surface area contributed by atoms with Gasteiger partial charge in [-0.15, -0.1) is 12.8 Å². The summed E-state index contributed by atoms with van der Waals surface area (Å²) < 4.78 is 0. The van der Waals surface area contributed by atoms with E-state index in [0.717, 1.165) is 12.8 Å². The zero-order valence-corrected chi connectivity index (χ0v) is 15.3. The summed E-state index contributed by atoms with van der Waals surface area (Å²) in [6.07, 6.45) is 26.3. The molecule has 2 rings (SSSR count). The molecule has 0 aromatic carbocycles. The van der Waals surface area contributed by atoms with Crippen LogP contribution in [0.2, 0.25) is 0 Å². The van der Waals surface area contributed by atoms with Gasteiger partial charge in [0.2, 0.25) is 0 Å². The number of hydrogen-bond donors (Lipinski definition) is 0. The minimum absolute atomic E-state index is 0. The van der Waals surface area contributed by atoms with Crippen LogP contribution in [0.4, 0.5) is 0 Å². The first-order valence-electron chi connectivity index (χ1n) is 6.25. The average molecular weight is 354 g/mol. The molecule has 0 spiro atoms. The fourth-order valence-corrected chi connectivity index (χ4v) is 1.08. The van der Waals surface area contributed by atoms with E-state index in [0.29, 0.717) is 5.92 Å². The number of allylic oxidation sites excluding steroid dienone is 10. The van der Waals surface area contributed by atoms with E-state index >= 15 is 0 Å². The molecular weight excluding hydrogens is 331 g/mol. The van der Waals surface area contributed by atoms with E-state index in [1.54, 1.807) is 0 Å². The monoisotopic (exact) mass is 352 g/mol. The second-order valence-electron chi connectivity index (χ2n) is 3.85. The molecule has 2 aliphatic rings. The van der Waals surface area contributed by atoms with Gasteiger partial charge in [0.15, 0.2) is 0 Å². The van der Waals surface area contributed by atoms with E-state index in [1.807, 2.05) is 31.2 Å². The third kappa shape index (κ3) is 20.4. The van der Waals surface area contributed by atoms with E-state index < -0.39 is 0 Å². The Bertz CT molecular complexity index is 256. The van der Waals surface area contributed by atoms with Crippen LogP contribution in [0.1, 0.15) is 40.0 Å². The smallest absolute Gasteiger partial charge is 1.00 e. The summed E-state index contributed by atoms with van der Waals surface area (Å²) in [6.45, 7) is 6.31. The summed E-state index contributed by atoms with van der Waals surface area (Å²) in [5.74, 6) is 0.713. The van der Waals surface area contributed by atoms with Gasteiger partial charge in [-0.1, -0.05) is 26.2 Å². The molecule has 19 heavy (non-hydrogen) atoms. The van der Waals surface area contributed by atoms with E-state index in [4.69, 9.17) is 0 Å². The molecule has 0 saturated carbocycles. The summed E-state index contributed by atoms with van der Waals surface area (Å²) in [7, 11) is 0. The van der Waals surface area contributed by atoms with Gasteiger partial charge in [0.1, 0.15) is 0 Å². The Hall–Kier alpha value is -0.127. The maximum atomic E-state index is 2.99. The van der Waals surface area contributed by atoms with Crippen molar-refractivity contribution in [3.8, 4) is 0 Å². The van der Waals surface area contributed by atoms with E-state index in [9.17, 15) is 0 Å². The van der Waals surface area contributed by atoms with Gasteiger partial charge in [-0.25, -0.2) is 24.3 Å². The quantitative estimate of drug-likeness (QED) is 0.666. The van der Waals surface area contributed by atoms with Crippen molar-refractivity contribution in [3.05, 3.63) is 60.8 Å². The van der Waals surface area contributed by atoms with Crippen molar-refractivity contribution in [2.24, 2.45) is 5.92 Å². The average Bonchev–Trinajstić information content (AvgIpc) is 3.07. The van der Waals surface area contributed by atoms with Gasteiger partial charge in [-0.2, -0.15) is 19.1 Å². The summed E-state index contributed by atoms with van der Waals surface area (Å²) >= 11 is 0. The van der Waals surface area contributed by atoms with Gasteiger partial charge in [0, 0.05) is 0 Å². The van der Waals surface area contributed by atoms with Crippen LogP contribution in [0.25, 0.3) is 0 Å². The summed E-state index contributed by atoms with van der Waals surface area (Å²) in [6, 6.07) is 0. The zero-order valence-electron chi connectivity index (χ0n) is 12.1. The fraction of sp³-hybridized carbons (Fsp3) is 0.412. The maximum Gasteiger partial charge on any atom is 4.00 e. The second kappa shape index (κ2) is 20.2. The molecule has 0 amide bonds. The largest absolute Gasteiger partial charge is 4.00 e. The van der Waals surface area contributed by atoms with Gasteiger partial charge in [-0.3, -0.25) is 18.2 Å². The van der Waals surface area contributed by atoms with E-state index in [2.05, 4.69) is 50.3 Å². The molecule has 0 bridgehead atoms. The molecule has 1 unspecified atom stereocenters. The molecule has 0 aromatic rings. The van der Waals surface area contributed by atoms with Crippen molar-refractivity contribution >= 4 is 0 Å². The zero-order chi connectivity index (χ0) is 12.8. The molecule has 0 aliphatic heterocycles. The Morgan fingerprint density at radius 2 is 1.63 bits per heavy atom. The second-order valence-corrected chi connectivity index (χ2v) is 3.85. The van der Waals surface area contributed by atoms with Crippen LogP contribution in [0.5, 0.6) is 0 Å². The molecule has 1 atom stereocenters. The van der Waals surface area contributed by atoms with Crippen LogP contribution in [-0.2, 0) is 26.2 Å². The Kier molecular flexibility index (Phi) is 25.4. The summed E-state index contributed by atoms with van der Waals surface area (Å²) in [4.78, 5) is 0. The molecule has 0 N–H and O–H groups in total. The minimum atomic E-state index is 0. The summed E-state index contributed by atoms with van der Waals surface area (Å²) in [5, 5.41) is 0. The molecule has 102 valence electrons. The van der Waals surface area contributed by atoms with Crippen molar-refractivity contribution < 1.29 is 38.6 Å². The van der Waals surface area contributed by atoms with Gasteiger partial charge in [0.05, 0.1) is 0 Å². The molecule has 0 heterocycles. The fourth-order valence-electron chi connectivity index (χ4n) is 1.08. The van der Waals surface area contributed by atoms with Crippen LogP contribution < -0.4 is 12.4 Å². The normalized spacial score (nSPS) is 14.9. The van der Waals surface area contributed by atoms with Gasteiger partial charge < -0.3 is 18.5 Å². The number of hydrogen-bond acceptors (Lipinski definition) is 0. The topological polar surface area (TPSA) is 0 Å². The van der Waals surface area contributed by atoms with Crippen LogP contribution in [0, 0.1) is 24.1 Å². The molecule has 2 aliphatic carbocycles. The maximum absolute atomic E-state index is 2.99. The van der Waals surface area contributed by atoms with E-state index in [1.165, 1.54) is 6.42 Å².